The van der Waals surface area contributed by atoms with E-state index in [0.29, 0.717) is 36.6 Å². The number of piperazine rings is 1. The van der Waals surface area contributed by atoms with E-state index in [2.05, 4.69) is 20.3 Å². The van der Waals surface area contributed by atoms with Crippen LogP contribution in [0.2, 0.25) is 5.02 Å². The number of halogens is 3. The third-order valence-corrected chi connectivity index (χ3v) is 7.41. The SMILES string of the molecule is Cn1c(-c2cn(C3CC3)nc2C(C)(F)F)cnc1C(=O)Nc1ccc(C(=O)N2CCN(CCN)CC2)c(Cl)c1. The molecule has 39 heavy (non-hydrogen) atoms. The number of carbonyl (C=O) groups excluding carboxylic acids is 2. The van der Waals surface area contributed by atoms with Crippen LogP contribution in [0.5, 0.6) is 0 Å². The number of nitrogens with zero attached hydrogens (tertiary/aromatic N) is 6. The molecule has 1 saturated carbocycles. The Balaban J connectivity index is 1.30. The molecule has 0 unspecified atom stereocenters. The minimum atomic E-state index is -3.16. The van der Waals surface area contributed by atoms with E-state index in [-0.39, 0.29) is 34.1 Å². The molecule has 13 heteroatoms. The van der Waals surface area contributed by atoms with E-state index < -0.39 is 11.8 Å². The van der Waals surface area contributed by atoms with Crippen LogP contribution in [0.3, 0.4) is 0 Å². The zero-order valence-corrected chi connectivity index (χ0v) is 22.6. The molecule has 1 aromatic carbocycles. The van der Waals surface area contributed by atoms with E-state index >= 15 is 0 Å². The summed E-state index contributed by atoms with van der Waals surface area (Å²) in [6.45, 7) is 4.84. The van der Waals surface area contributed by atoms with Gasteiger partial charge in [-0.25, -0.2) is 4.98 Å². The molecule has 0 radical (unpaired) electrons. The Kier molecular flexibility index (Phi) is 7.45. The van der Waals surface area contributed by atoms with Crippen molar-refractivity contribution >= 4 is 29.1 Å². The number of anilines is 1. The molecule has 3 heterocycles. The average Bonchev–Trinajstić information content (AvgIpc) is 3.52. The van der Waals surface area contributed by atoms with Gasteiger partial charge in [0, 0.05) is 70.7 Å². The lowest BCUT2D eigenvalue weighted by atomic mass is 10.1. The highest BCUT2D eigenvalue weighted by molar-refractivity contribution is 6.34. The number of hydrogen-bond donors (Lipinski definition) is 2. The Morgan fingerprint density at radius 2 is 1.92 bits per heavy atom. The lowest BCUT2D eigenvalue weighted by molar-refractivity contribution is 0.0126. The van der Waals surface area contributed by atoms with E-state index in [4.69, 9.17) is 17.3 Å². The molecular weight excluding hydrogens is 530 g/mol. The molecule has 2 aromatic heterocycles. The van der Waals surface area contributed by atoms with Crippen LogP contribution < -0.4 is 11.1 Å². The van der Waals surface area contributed by atoms with Crippen molar-refractivity contribution in [2.75, 3.05) is 44.6 Å². The number of alkyl halides is 2. The lowest BCUT2D eigenvalue weighted by Gasteiger charge is -2.34. The number of imidazole rings is 1. The molecule has 5 rings (SSSR count). The summed E-state index contributed by atoms with van der Waals surface area (Å²) in [5.41, 5.74) is 6.58. The second-order valence-electron chi connectivity index (χ2n) is 10.1. The van der Waals surface area contributed by atoms with Crippen LogP contribution in [0.4, 0.5) is 14.5 Å². The standard InChI is InChI=1S/C26H31ClF2N8O2/c1-26(28,29)22-19(15-37(33-22)17-4-5-17)21-14-31-23(34(21)2)24(38)32-16-3-6-18(20(27)13-16)25(39)36-11-9-35(8-7-30)10-12-36/h3,6,13-15,17H,4-5,7-12,30H2,1-2H3,(H,32,38). The molecule has 1 aliphatic heterocycles. The van der Waals surface area contributed by atoms with E-state index in [9.17, 15) is 18.4 Å². The summed E-state index contributed by atoms with van der Waals surface area (Å²) in [5, 5.41) is 7.07. The van der Waals surface area contributed by atoms with Gasteiger partial charge in [-0.1, -0.05) is 11.6 Å². The van der Waals surface area contributed by atoms with Gasteiger partial charge in [0.1, 0.15) is 5.69 Å². The van der Waals surface area contributed by atoms with Gasteiger partial charge in [0.2, 0.25) is 0 Å². The molecule has 2 amide bonds. The summed E-state index contributed by atoms with van der Waals surface area (Å²) >= 11 is 6.43. The molecule has 3 N–H and O–H groups in total. The summed E-state index contributed by atoms with van der Waals surface area (Å²) in [7, 11) is 1.59. The Morgan fingerprint density at radius 3 is 2.54 bits per heavy atom. The van der Waals surface area contributed by atoms with E-state index in [0.717, 1.165) is 39.4 Å². The van der Waals surface area contributed by atoms with Gasteiger partial charge in [-0.2, -0.15) is 13.9 Å². The van der Waals surface area contributed by atoms with Gasteiger partial charge in [-0.3, -0.25) is 19.2 Å². The number of amides is 2. The molecule has 3 aromatic rings. The molecular formula is C26H31ClF2N8O2. The van der Waals surface area contributed by atoms with Gasteiger partial charge in [0.25, 0.3) is 17.7 Å². The highest BCUT2D eigenvalue weighted by atomic mass is 35.5. The van der Waals surface area contributed by atoms with Gasteiger partial charge < -0.3 is 20.5 Å². The van der Waals surface area contributed by atoms with Crippen molar-refractivity contribution in [3.63, 3.8) is 0 Å². The number of rotatable bonds is 8. The first-order chi connectivity index (χ1) is 18.6. The molecule has 2 aliphatic rings. The van der Waals surface area contributed by atoms with Crippen molar-refractivity contribution in [1.82, 2.24) is 29.1 Å². The Hall–Kier alpha value is -3.35. The number of carbonyl (C=O) groups is 2. The van der Waals surface area contributed by atoms with E-state index in [1.54, 1.807) is 35.0 Å². The van der Waals surface area contributed by atoms with Gasteiger partial charge in [0.15, 0.2) is 5.82 Å². The topological polar surface area (TPSA) is 114 Å². The molecule has 10 nitrogen and oxygen atoms in total. The maximum Gasteiger partial charge on any atom is 0.291 e. The van der Waals surface area contributed by atoms with Crippen LogP contribution in [-0.2, 0) is 13.0 Å². The lowest BCUT2D eigenvalue weighted by Crippen LogP contribution is -2.49. The smallest absolute Gasteiger partial charge is 0.291 e. The number of benzene rings is 1. The molecule has 208 valence electrons. The van der Waals surface area contributed by atoms with Crippen molar-refractivity contribution in [2.45, 2.75) is 31.7 Å². The number of hydrogen-bond acceptors (Lipinski definition) is 6. The Morgan fingerprint density at radius 1 is 1.21 bits per heavy atom. The van der Waals surface area contributed by atoms with E-state index in [1.165, 1.54) is 16.8 Å². The van der Waals surface area contributed by atoms with Crippen LogP contribution >= 0.6 is 11.6 Å². The van der Waals surface area contributed by atoms with Gasteiger partial charge >= 0.3 is 0 Å². The van der Waals surface area contributed by atoms with Crippen LogP contribution in [0.1, 0.15) is 52.5 Å². The van der Waals surface area contributed by atoms with Gasteiger partial charge in [-0.05, 0) is 31.0 Å². The number of nitrogens with two attached hydrogens (primary N) is 1. The second-order valence-corrected chi connectivity index (χ2v) is 10.5. The molecule has 1 saturated heterocycles. The van der Waals surface area contributed by atoms with Crippen molar-refractivity contribution in [2.24, 2.45) is 12.8 Å². The summed E-state index contributed by atoms with van der Waals surface area (Å²) in [6.07, 6.45) is 4.78. The average molecular weight is 561 g/mol. The first-order valence-electron chi connectivity index (χ1n) is 12.9. The predicted molar refractivity (Wildman–Crippen MR) is 143 cm³/mol. The molecule has 2 fully saturated rings. The van der Waals surface area contributed by atoms with Crippen molar-refractivity contribution < 1.29 is 18.4 Å². The fraction of sp³-hybridized carbons (Fsp3) is 0.462. The van der Waals surface area contributed by atoms with Crippen LogP contribution in [0, 0.1) is 0 Å². The third-order valence-electron chi connectivity index (χ3n) is 7.10. The summed E-state index contributed by atoms with van der Waals surface area (Å²) in [5.74, 6) is -3.85. The summed E-state index contributed by atoms with van der Waals surface area (Å²) < 4.78 is 31.7. The summed E-state index contributed by atoms with van der Waals surface area (Å²) in [4.78, 5) is 34.2. The van der Waals surface area contributed by atoms with Gasteiger partial charge in [0.05, 0.1) is 28.5 Å². The Bertz CT molecular complexity index is 1390. The summed E-state index contributed by atoms with van der Waals surface area (Å²) in [6, 6.07) is 4.81. The van der Waals surface area contributed by atoms with Crippen LogP contribution in [0.25, 0.3) is 11.3 Å². The minimum absolute atomic E-state index is 0.0289. The molecule has 0 bridgehead atoms. The van der Waals surface area contributed by atoms with Crippen molar-refractivity contribution in [3.8, 4) is 11.3 Å². The highest BCUT2D eigenvalue weighted by Gasteiger charge is 2.36. The largest absolute Gasteiger partial charge is 0.336 e. The van der Waals surface area contributed by atoms with Crippen molar-refractivity contribution in [1.29, 1.82) is 0 Å². The fourth-order valence-electron chi connectivity index (χ4n) is 4.78. The molecule has 0 atom stereocenters. The molecule has 0 spiro atoms. The predicted octanol–water partition coefficient (Wildman–Crippen LogP) is 3.35. The zero-order valence-electron chi connectivity index (χ0n) is 21.8. The second kappa shape index (κ2) is 10.7. The maximum absolute atomic E-state index is 14.3. The third kappa shape index (κ3) is 5.68. The van der Waals surface area contributed by atoms with E-state index in [1.807, 2.05) is 0 Å². The quantitative estimate of drug-likeness (QED) is 0.437. The normalized spacial score (nSPS) is 16.5. The highest BCUT2D eigenvalue weighted by Crippen LogP contribution is 2.40. The zero-order chi connectivity index (χ0) is 27.9. The van der Waals surface area contributed by atoms with Crippen molar-refractivity contribution in [3.05, 3.63) is 52.7 Å². The van der Waals surface area contributed by atoms with Gasteiger partial charge in [-0.15, -0.1) is 0 Å². The minimum Gasteiger partial charge on any atom is -0.336 e. The van der Waals surface area contributed by atoms with Crippen LogP contribution in [0.15, 0.2) is 30.6 Å². The van der Waals surface area contributed by atoms with Crippen LogP contribution in [-0.4, -0.2) is 80.2 Å². The fourth-order valence-corrected chi connectivity index (χ4v) is 5.04. The first kappa shape index (κ1) is 27.2. The Labute approximate surface area is 229 Å². The first-order valence-corrected chi connectivity index (χ1v) is 13.3. The molecule has 1 aliphatic carbocycles. The monoisotopic (exact) mass is 560 g/mol. The number of nitrogens with one attached hydrogen (secondary N) is 1. The maximum atomic E-state index is 14.3. The number of aromatic nitrogens is 4.